The molecule has 2 amide bonds. The molecular weight excluding hydrogens is 442 g/mol. The summed E-state index contributed by atoms with van der Waals surface area (Å²) < 4.78 is 11.0. The van der Waals surface area contributed by atoms with Crippen LogP contribution in [-0.4, -0.2) is 31.7 Å². The summed E-state index contributed by atoms with van der Waals surface area (Å²) in [6.07, 6.45) is 1.51. The Labute approximate surface area is 203 Å². The standard InChI is InChI=1S/C28H25N3O4/c1-19-7-12-24(13-8-19)30-27(32)18-35-25-14-9-20(15-26(25)34-2)17-29-31-28(33)23-11-10-21-5-3-4-6-22(21)16-23/h3-17H,18H2,1-2H3,(H,30,32)(H,31,33)/b29-17+. The average molecular weight is 468 g/mol. The Morgan fingerprint density at radius 2 is 1.66 bits per heavy atom. The third kappa shape index (κ3) is 6.23. The normalized spacial score (nSPS) is 10.8. The predicted octanol–water partition coefficient (Wildman–Crippen LogP) is 4.94. The van der Waals surface area contributed by atoms with Crippen LogP contribution in [0.25, 0.3) is 10.8 Å². The number of rotatable bonds is 8. The van der Waals surface area contributed by atoms with Crippen LogP contribution in [0.1, 0.15) is 21.5 Å². The van der Waals surface area contributed by atoms with E-state index >= 15 is 0 Å². The van der Waals surface area contributed by atoms with E-state index in [9.17, 15) is 9.59 Å². The fourth-order valence-corrected chi connectivity index (χ4v) is 3.42. The molecule has 2 N–H and O–H groups in total. The second kappa shape index (κ2) is 11.0. The molecule has 0 bridgehead atoms. The van der Waals surface area contributed by atoms with Crippen molar-refractivity contribution in [3.63, 3.8) is 0 Å². The van der Waals surface area contributed by atoms with Gasteiger partial charge in [-0.05, 0) is 65.7 Å². The number of carbonyl (C=O) groups is 2. The van der Waals surface area contributed by atoms with Crippen molar-refractivity contribution >= 4 is 34.5 Å². The molecule has 35 heavy (non-hydrogen) atoms. The molecule has 0 saturated carbocycles. The highest BCUT2D eigenvalue weighted by Gasteiger charge is 2.09. The van der Waals surface area contributed by atoms with Gasteiger partial charge in [0.2, 0.25) is 0 Å². The van der Waals surface area contributed by atoms with Gasteiger partial charge in [-0.15, -0.1) is 0 Å². The first-order valence-electron chi connectivity index (χ1n) is 11.0. The van der Waals surface area contributed by atoms with E-state index < -0.39 is 0 Å². The van der Waals surface area contributed by atoms with Gasteiger partial charge in [-0.3, -0.25) is 9.59 Å². The number of nitrogens with zero attached hydrogens (tertiary/aromatic N) is 1. The van der Waals surface area contributed by atoms with Crippen LogP contribution in [-0.2, 0) is 4.79 Å². The molecule has 0 heterocycles. The molecule has 0 spiro atoms. The molecule has 4 aromatic carbocycles. The smallest absolute Gasteiger partial charge is 0.271 e. The minimum absolute atomic E-state index is 0.167. The van der Waals surface area contributed by atoms with Crippen molar-refractivity contribution in [3.8, 4) is 11.5 Å². The summed E-state index contributed by atoms with van der Waals surface area (Å²) in [6, 6.07) is 26.0. The van der Waals surface area contributed by atoms with E-state index in [2.05, 4.69) is 15.8 Å². The maximum atomic E-state index is 12.4. The number of anilines is 1. The van der Waals surface area contributed by atoms with E-state index in [-0.39, 0.29) is 18.4 Å². The van der Waals surface area contributed by atoms with Crippen LogP contribution >= 0.6 is 0 Å². The van der Waals surface area contributed by atoms with Gasteiger partial charge in [0.15, 0.2) is 18.1 Å². The number of carbonyl (C=O) groups excluding carboxylic acids is 2. The highest BCUT2D eigenvalue weighted by atomic mass is 16.5. The third-order valence-corrected chi connectivity index (χ3v) is 5.27. The fraction of sp³-hybridized carbons (Fsp3) is 0.107. The van der Waals surface area contributed by atoms with E-state index in [1.807, 2.05) is 67.6 Å². The molecule has 0 aliphatic heterocycles. The van der Waals surface area contributed by atoms with Crippen molar-refractivity contribution in [2.75, 3.05) is 19.0 Å². The van der Waals surface area contributed by atoms with Gasteiger partial charge >= 0.3 is 0 Å². The van der Waals surface area contributed by atoms with Gasteiger partial charge in [0.25, 0.3) is 11.8 Å². The lowest BCUT2D eigenvalue weighted by Gasteiger charge is -2.11. The van der Waals surface area contributed by atoms with Crippen LogP contribution in [0.15, 0.2) is 90.0 Å². The van der Waals surface area contributed by atoms with E-state index in [0.717, 1.165) is 16.3 Å². The highest BCUT2D eigenvalue weighted by Crippen LogP contribution is 2.27. The number of amides is 2. The second-order valence-electron chi connectivity index (χ2n) is 7.87. The van der Waals surface area contributed by atoms with Crippen molar-refractivity contribution in [1.82, 2.24) is 5.43 Å². The van der Waals surface area contributed by atoms with Gasteiger partial charge in [-0.1, -0.05) is 48.0 Å². The quantitative estimate of drug-likeness (QED) is 0.284. The van der Waals surface area contributed by atoms with Crippen molar-refractivity contribution < 1.29 is 19.1 Å². The molecule has 0 aromatic heterocycles. The van der Waals surface area contributed by atoms with E-state index in [1.54, 1.807) is 24.3 Å². The Morgan fingerprint density at radius 1 is 0.886 bits per heavy atom. The topological polar surface area (TPSA) is 89.0 Å². The van der Waals surface area contributed by atoms with Gasteiger partial charge in [-0.2, -0.15) is 5.10 Å². The molecule has 7 heteroatoms. The van der Waals surface area contributed by atoms with Crippen LogP contribution in [0.3, 0.4) is 0 Å². The van der Waals surface area contributed by atoms with Crippen molar-refractivity contribution in [1.29, 1.82) is 0 Å². The first-order valence-corrected chi connectivity index (χ1v) is 11.0. The Hall–Kier alpha value is -4.65. The number of fused-ring (bicyclic) bond motifs is 1. The van der Waals surface area contributed by atoms with Gasteiger partial charge < -0.3 is 14.8 Å². The maximum absolute atomic E-state index is 12.4. The minimum Gasteiger partial charge on any atom is -0.493 e. The first-order chi connectivity index (χ1) is 17.0. The van der Waals surface area contributed by atoms with Crippen LogP contribution in [0.4, 0.5) is 5.69 Å². The van der Waals surface area contributed by atoms with E-state index in [1.165, 1.54) is 13.3 Å². The lowest BCUT2D eigenvalue weighted by molar-refractivity contribution is -0.118. The summed E-state index contributed by atoms with van der Waals surface area (Å²) in [5.41, 5.74) is 5.56. The molecule has 0 fully saturated rings. The minimum atomic E-state index is -0.307. The van der Waals surface area contributed by atoms with Crippen LogP contribution in [0, 0.1) is 6.92 Å². The molecule has 0 radical (unpaired) electrons. The Balaban J connectivity index is 1.34. The molecule has 0 unspecified atom stereocenters. The van der Waals surface area contributed by atoms with Crippen LogP contribution in [0.2, 0.25) is 0 Å². The largest absolute Gasteiger partial charge is 0.493 e. The zero-order chi connectivity index (χ0) is 24.6. The monoisotopic (exact) mass is 467 g/mol. The van der Waals surface area contributed by atoms with Crippen molar-refractivity contribution in [2.45, 2.75) is 6.92 Å². The lowest BCUT2D eigenvalue weighted by atomic mass is 10.1. The highest BCUT2D eigenvalue weighted by molar-refractivity contribution is 5.99. The molecule has 0 saturated heterocycles. The Morgan fingerprint density at radius 3 is 2.43 bits per heavy atom. The molecule has 0 aliphatic rings. The third-order valence-electron chi connectivity index (χ3n) is 5.27. The summed E-state index contributed by atoms with van der Waals surface area (Å²) in [4.78, 5) is 24.6. The lowest BCUT2D eigenvalue weighted by Crippen LogP contribution is -2.20. The number of methoxy groups -OCH3 is 1. The number of hydrogen-bond donors (Lipinski definition) is 2. The van der Waals surface area contributed by atoms with Crippen LogP contribution < -0.4 is 20.2 Å². The first kappa shape index (κ1) is 23.5. The van der Waals surface area contributed by atoms with E-state index in [0.29, 0.717) is 28.3 Å². The molecule has 4 rings (SSSR count). The van der Waals surface area contributed by atoms with E-state index in [4.69, 9.17) is 9.47 Å². The SMILES string of the molecule is COc1cc(/C=N/NC(=O)c2ccc3ccccc3c2)ccc1OCC(=O)Nc1ccc(C)cc1. The van der Waals surface area contributed by atoms with Gasteiger partial charge in [-0.25, -0.2) is 5.43 Å². The van der Waals surface area contributed by atoms with Gasteiger partial charge in [0.1, 0.15) is 0 Å². The zero-order valence-electron chi connectivity index (χ0n) is 19.4. The molecule has 176 valence electrons. The number of hydrazone groups is 1. The molecule has 0 atom stereocenters. The van der Waals surface area contributed by atoms with Gasteiger partial charge in [0.05, 0.1) is 13.3 Å². The second-order valence-corrected chi connectivity index (χ2v) is 7.87. The summed E-state index contributed by atoms with van der Waals surface area (Å²) in [5, 5.41) is 8.88. The molecular formula is C28H25N3O4. The van der Waals surface area contributed by atoms with Gasteiger partial charge in [0, 0.05) is 11.3 Å². The summed E-state index contributed by atoms with van der Waals surface area (Å²) in [5.74, 6) is 0.276. The van der Waals surface area contributed by atoms with Crippen molar-refractivity contribution in [3.05, 3.63) is 102 Å². The number of benzene rings is 4. The number of hydrogen-bond acceptors (Lipinski definition) is 5. The molecule has 7 nitrogen and oxygen atoms in total. The molecule has 0 aliphatic carbocycles. The number of aryl methyl sites for hydroxylation is 1. The summed E-state index contributed by atoms with van der Waals surface area (Å²) in [7, 11) is 1.51. The summed E-state index contributed by atoms with van der Waals surface area (Å²) >= 11 is 0. The number of nitrogens with one attached hydrogen (secondary N) is 2. The van der Waals surface area contributed by atoms with Crippen molar-refractivity contribution in [2.24, 2.45) is 5.10 Å². The average Bonchev–Trinajstić information content (AvgIpc) is 2.88. The molecule has 4 aromatic rings. The fourth-order valence-electron chi connectivity index (χ4n) is 3.42. The summed E-state index contributed by atoms with van der Waals surface area (Å²) in [6.45, 7) is 1.81. The zero-order valence-corrected chi connectivity index (χ0v) is 19.4. The Bertz CT molecular complexity index is 1380. The Kier molecular flexibility index (Phi) is 7.37. The number of ether oxygens (including phenoxy) is 2. The predicted molar refractivity (Wildman–Crippen MR) is 137 cm³/mol. The maximum Gasteiger partial charge on any atom is 0.271 e. The van der Waals surface area contributed by atoms with Crippen LogP contribution in [0.5, 0.6) is 11.5 Å².